The van der Waals surface area contributed by atoms with E-state index in [1.165, 1.54) is 13.2 Å². The fourth-order valence-corrected chi connectivity index (χ4v) is 2.88. The molecule has 2 amide bonds. The predicted molar refractivity (Wildman–Crippen MR) is 119 cm³/mol. The van der Waals surface area contributed by atoms with Gasteiger partial charge in [-0.25, -0.2) is 4.79 Å². The van der Waals surface area contributed by atoms with Gasteiger partial charge in [-0.2, -0.15) is 0 Å². The lowest BCUT2D eigenvalue weighted by Gasteiger charge is -2.18. The van der Waals surface area contributed by atoms with Crippen molar-refractivity contribution in [1.82, 2.24) is 10.6 Å². The smallest absolute Gasteiger partial charge is 0.326 e. The Kier molecular flexibility index (Phi) is 8.63. The van der Waals surface area contributed by atoms with E-state index in [0.29, 0.717) is 21.9 Å². The Hall–Kier alpha value is -3.32. The average Bonchev–Trinajstić information content (AvgIpc) is 2.73. The third kappa shape index (κ3) is 7.46. The van der Waals surface area contributed by atoms with E-state index < -0.39 is 23.8 Å². The topological polar surface area (TPSA) is 105 Å². The minimum Gasteiger partial charge on any atom is -0.497 e. The van der Waals surface area contributed by atoms with Crippen LogP contribution in [0.1, 0.15) is 36.2 Å². The van der Waals surface area contributed by atoms with Gasteiger partial charge >= 0.3 is 5.97 Å². The van der Waals surface area contributed by atoms with Crippen molar-refractivity contribution < 1.29 is 24.2 Å². The van der Waals surface area contributed by atoms with Crippen molar-refractivity contribution in [3.05, 3.63) is 70.4 Å². The highest BCUT2D eigenvalue weighted by Gasteiger charge is 2.24. The zero-order valence-electron chi connectivity index (χ0n) is 17.5. The number of carboxylic acid groups (broad SMARTS) is 1. The molecule has 0 radical (unpaired) electrons. The first kappa shape index (κ1) is 24.0. The van der Waals surface area contributed by atoms with Gasteiger partial charge in [0.1, 0.15) is 17.5 Å². The number of carbonyl (C=O) groups is 3. The monoisotopic (exact) mass is 444 g/mol. The fraction of sp³-hybridized carbons (Fsp3) is 0.261. The van der Waals surface area contributed by atoms with Crippen molar-refractivity contribution in [2.24, 2.45) is 5.92 Å². The molecule has 1 atom stereocenters. The normalized spacial score (nSPS) is 12.2. The molecule has 2 aromatic carbocycles. The molecule has 164 valence electrons. The molecule has 0 aliphatic carbocycles. The molecule has 2 aromatic rings. The first-order valence-electron chi connectivity index (χ1n) is 9.66. The second-order valence-corrected chi connectivity index (χ2v) is 7.72. The van der Waals surface area contributed by atoms with Crippen LogP contribution < -0.4 is 15.4 Å². The molecule has 1 unspecified atom stereocenters. The number of rotatable bonds is 9. The van der Waals surface area contributed by atoms with Crippen molar-refractivity contribution in [1.29, 1.82) is 0 Å². The molecule has 0 saturated heterocycles. The summed E-state index contributed by atoms with van der Waals surface area (Å²) in [5, 5.41) is 15.0. The number of amides is 2. The zero-order valence-corrected chi connectivity index (χ0v) is 18.3. The van der Waals surface area contributed by atoms with Crippen LogP contribution in [0.15, 0.2) is 54.2 Å². The van der Waals surface area contributed by atoms with E-state index in [2.05, 4.69) is 10.6 Å². The molecule has 7 nitrogen and oxygen atoms in total. The number of methoxy groups -OCH3 is 1. The number of carboxylic acids is 1. The molecule has 0 heterocycles. The van der Waals surface area contributed by atoms with Crippen molar-refractivity contribution >= 4 is 35.5 Å². The van der Waals surface area contributed by atoms with Crippen LogP contribution in [0.4, 0.5) is 0 Å². The molecule has 3 N–H and O–H groups in total. The van der Waals surface area contributed by atoms with Crippen LogP contribution in [0.25, 0.3) is 6.08 Å². The number of halogens is 1. The lowest BCUT2D eigenvalue weighted by molar-refractivity contribution is -0.141. The minimum absolute atomic E-state index is 0.0546. The molecule has 0 aliphatic rings. The number of ether oxygens (including phenoxy) is 1. The van der Waals surface area contributed by atoms with Crippen molar-refractivity contribution in [3.63, 3.8) is 0 Å². The summed E-state index contributed by atoms with van der Waals surface area (Å²) in [6, 6.07) is 11.9. The molecule has 0 fully saturated rings. The Labute approximate surface area is 186 Å². The largest absolute Gasteiger partial charge is 0.497 e. The Morgan fingerprint density at radius 3 is 2.19 bits per heavy atom. The van der Waals surface area contributed by atoms with Gasteiger partial charge in [0, 0.05) is 10.6 Å². The van der Waals surface area contributed by atoms with Crippen LogP contribution in [0, 0.1) is 5.92 Å². The molecular weight excluding hydrogens is 420 g/mol. The average molecular weight is 445 g/mol. The van der Waals surface area contributed by atoms with Crippen molar-refractivity contribution in [3.8, 4) is 5.75 Å². The van der Waals surface area contributed by atoms with Gasteiger partial charge in [0.25, 0.3) is 11.8 Å². The maximum Gasteiger partial charge on any atom is 0.326 e. The van der Waals surface area contributed by atoms with Gasteiger partial charge in [-0.05, 0) is 60.4 Å². The van der Waals surface area contributed by atoms with E-state index in [4.69, 9.17) is 16.3 Å². The molecule has 0 aliphatic heterocycles. The van der Waals surface area contributed by atoms with Gasteiger partial charge in [-0.3, -0.25) is 9.59 Å². The standard InChI is InChI=1S/C23H25ClN2O5/c1-14(2)12-20(23(29)30)26-22(28)19(13-15-4-8-17(24)9-5-15)25-21(27)16-6-10-18(31-3)11-7-16/h4-11,13-14,20H,12H2,1-3H3,(H,25,27)(H,26,28)(H,29,30)/b19-13+. The van der Waals surface area contributed by atoms with Gasteiger partial charge in [0.2, 0.25) is 0 Å². The van der Waals surface area contributed by atoms with Crippen LogP contribution in [-0.4, -0.2) is 36.0 Å². The van der Waals surface area contributed by atoms with Crippen LogP contribution in [-0.2, 0) is 9.59 Å². The summed E-state index contributed by atoms with van der Waals surface area (Å²) in [4.78, 5) is 37.1. The van der Waals surface area contributed by atoms with Crippen LogP contribution in [0.2, 0.25) is 5.02 Å². The third-order valence-corrected chi connectivity index (χ3v) is 4.59. The SMILES string of the molecule is COc1ccc(C(=O)N/C(=C/c2ccc(Cl)cc2)C(=O)NC(CC(C)C)C(=O)O)cc1. The lowest BCUT2D eigenvalue weighted by atomic mass is 10.0. The Bertz CT molecular complexity index is 953. The number of hydrogen-bond acceptors (Lipinski definition) is 4. The summed E-state index contributed by atoms with van der Waals surface area (Å²) in [6.07, 6.45) is 1.71. The molecule has 0 spiro atoms. The maximum atomic E-state index is 12.9. The van der Waals surface area contributed by atoms with E-state index in [1.807, 2.05) is 13.8 Å². The summed E-state index contributed by atoms with van der Waals surface area (Å²) in [6.45, 7) is 3.72. The zero-order chi connectivity index (χ0) is 23.0. The highest BCUT2D eigenvalue weighted by Crippen LogP contribution is 2.15. The van der Waals surface area contributed by atoms with Crippen LogP contribution in [0.5, 0.6) is 5.75 Å². The summed E-state index contributed by atoms with van der Waals surface area (Å²) < 4.78 is 5.08. The van der Waals surface area contributed by atoms with Crippen LogP contribution >= 0.6 is 11.6 Å². The minimum atomic E-state index is -1.14. The summed E-state index contributed by atoms with van der Waals surface area (Å²) in [7, 11) is 1.52. The molecule has 8 heteroatoms. The van der Waals surface area contributed by atoms with E-state index in [-0.39, 0.29) is 18.0 Å². The quantitative estimate of drug-likeness (QED) is 0.511. The first-order chi connectivity index (χ1) is 14.7. The fourth-order valence-electron chi connectivity index (χ4n) is 2.75. The number of aliphatic carboxylic acids is 1. The van der Waals surface area contributed by atoms with Gasteiger partial charge < -0.3 is 20.5 Å². The number of nitrogens with one attached hydrogen (secondary N) is 2. The first-order valence-corrected chi connectivity index (χ1v) is 10.0. The Balaban J connectivity index is 2.30. The highest BCUT2D eigenvalue weighted by atomic mass is 35.5. The van der Waals surface area contributed by atoms with Crippen molar-refractivity contribution in [2.45, 2.75) is 26.3 Å². The Morgan fingerprint density at radius 1 is 1.06 bits per heavy atom. The highest BCUT2D eigenvalue weighted by molar-refractivity contribution is 6.30. The number of carbonyl (C=O) groups excluding carboxylic acids is 2. The van der Waals surface area contributed by atoms with Crippen molar-refractivity contribution in [2.75, 3.05) is 7.11 Å². The molecule has 0 bridgehead atoms. The molecule has 2 rings (SSSR count). The molecule has 31 heavy (non-hydrogen) atoms. The second kappa shape index (κ2) is 11.2. The summed E-state index contributed by atoms with van der Waals surface area (Å²) >= 11 is 5.91. The molecular formula is C23H25ClN2O5. The predicted octanol–water partition coefficient (Wildman–Crippen LogP) is 3.74. The lowest BCUT2D eigenvalue weighted by Crippen LogP contribution is -2.45. The number of hydrogen-bond donors (Lipinski definition) is 3. The van der Waals surface area contributed by atoms with Gasteiger partial charge in [0.05, 0.1) is 7.11 Å². The van der Waals surface area contributed by atoms with Gasteiger partial charge in [-0.15, -0.1) is 0 Å². The van der Waals surface area contributed by atoms with E-state index in [9.17, 15) is 19.5 Å². The van der Waals surface area contributed by atoms with E-state index >= 15 is 0 Å². The number of benzene rings is 2. The van der Waals surface area contributed by atoms with E-state index in [0.717, 1.165) is 0 Å². The summed E-state index contributed by atoms with van der Waals surface area (Å²) in [5.41, 5.74) is 0.839. The third-order valence-electron chi connectivity index (χ3n) is 4.34. The molecule has 0 aromatic heterocycles. The van der Waals surface area contributed by atoms with Crippen LogP contribution in [0.3, 0.4) is 0 Å². The van der Waals surface area contributed by atoms with Gasteiger partial charge in [0.15, 0.2) is 0 Å². The van der Waals surface area contributed by atoms with E-state index in [1.54, 1.807) is 48.5 Å². The maximum absolute atomic E-state index is 12.9. The van der Waals surface area contributed by atoms with Gasteiger partial charge in [-0.1, -0.05) is 37.6 Å². The Morgan fingerprint density at radius 2 is 1.68 bits per heavy atom. The summed E-state index contributed by atoms with van der Waals surface area (Å²) in [5.74, 6) is -1.73. The second-order valence-electron chi connectivity index (χ2n) is 7.29. The molecule has 0 saturated carbocycles.